The van der Waals surface area contributed by atoms with Crippen LogP contribution in [0, 0.1) is 0 Å². The SMILES string of the molecule is C=CC(C)N=C(N)N=C(N)N. The van der Waals surface area contributed by atoms with Crippen LogP contribution in [0.1, 0.15) is 6.92 Å². The Bertz CT molecular complexity index is 189. The first-order valence-corrected chi connectivity index (χ1v) is 3.11. The first-order valence-electron chi connectivity index (χ1n) is 3.11. The fourth-order valence-electron chi connectivity index (χ4n) is 0.422. The van der Waals surface area contributed by atoms with Gasteiger partial charge >= 0.3 is 0 Å². The van der Waals surface area contributed by atoms with E-state index in [-0.39, 0.29) is 18.0 Å². The normalized spacial score (nSPS) is 13.7. The lowest BCUT2D eigenvalue weighted by Gasteiger charge is -1.97. The van der Waals surface area contributed by atoms with Gasteiger partial charge in [-0.25, -0.2) is 4.99 Å². The van der Waals surface area contributed by atoms with Crippen LogP contribution in [-0.2, 0) is 0 Å². The molecule has 0 saturated heterocycles. The molecule has 0 aliphatic carbocycles. The number of nitrogens with two attached hydrogens (primary N) is 3. The summed E-state index contributed by atoms with van der Waals surface area (Å²) >= 11 is 0. The highest BCUT2D eigenvalue weighted by Crippen LogP contribution is 1.88. The van der Waals surface area contributed by atoms with Crippen LogP contribution in [0.15, 0.2) is 22.6 Å². The van der Waals surface area contributed by atoms with Crippen molar-refractivity contribution in [1.82, 2.24) is 0 Å². The van der Waals surface area contributed by atoms with Crippen molar-refractivity contribution in [3.05, 3.63) is 12.7 Å². The predicted octanol–water partition coefficient (Wildman–Crippen LogP) is -0.851. The zero-order chi connectivity index (χ0) is 8.85. The smallest absolute Gasteiger partial charge is 0.219 e. The van der Waals surface area contributed by atoms with E-state index in [0.717, 1.165) is 0 Å². The minimum absolute atomic E-state index is 0.0670. The van der Waals surface area contributed by atoms with Crippen LogP contribution in [-0.4, -0.2) is 18.0 Å². The quantitative estimate of drug-likeness (QED) is 0.275. The second-order valence-electron chi connectivity index (χ2n) is 2.00. The van der Waals surface area contributed by atoms with E-state index in [0.29, 0.717) is 0 Å². The van der Waals surface area contributed by atoms with Crippen molar-refractivity contribution in [1.29, 1.82) is 0 Å². The van der Waals surface area contributed by atoms with Crippen LogP contribution in [0.2, 0.25) is 0 Å². The van der Waals surface area contributed by atoms with Crippen molar-refractivity contribution < 1.29 is 0 Å². The summed E-state index contributed by atoms with van der Waals surface area (Å²) in [6.45, 7) is 5.34. The number of nitrogens with zero attached hydrogens (tertiary/aromatic N) is 2. The van der Waals surface area contributed by atoms with Crippen molar-refractivity contribution in [2.24, 2.45) is 27.2 Å². The molecule has 5 nitrogen and oxygen atoms in total. The molecule has 0 spiro atoms. The molecule has 0 radical (unpaired) electrons. The van der Waals surface area contributed by atoms with Gasteiger partial charge in [0.25, 0.3) is 0 Å². The summed E-state index contributed by atoms with van der Waals surface area (Å²) in [5.41, 5.74) is 15.4. The number of hydrogen-bond donors (Lipinski definition) is 3. The third-order valence-corrected chi connectivity index (χ3v) is 0.921. The van der Waals surface area contributed by atoms with Crippen molar-refractivity contribution >= 4 is 11.9 Å². The maximum absolute atomic E-state index is 5.31. The Hall–Kier alpha value is -1.52. The lowest BCUT2D eigenvalue weighted by molar-refractivity contribution is 0.922. The zero-order valence-electron chi connectivity index (χ0n) is 6.49. The molecule has 0 aromatic carbocycles. The molecular formula is C6H13N5. The highest BCUT2D eigenvalue weighted by molar-refractivity contribution is 5.92. The molecule has 0 aliphatic rings. The Balaban J connectivity index is 4.22. The molecule has 0 fully saturated rings. The monoisotopic (exact) mass is 155 g/mol. The van der Waals surface area contributed by atoms with Gasteiger partial charge in [0.1, 0.15) is 0 Å². The van der Waals surface area contributed by atoms with Gasteiger partial charge in [0.2, 0.25) is 5.96 Å². The average molecular weight is 155 g/mol. The third-order valence-electron chi connectivity index (χ3n) is 0.921. The van der Waals surface area contributed by atoms with Crippen LogP contribution in [0.25, 0.3) is 0 Å². The predicted molar refractivity (Wildman–Crippen MR) is 47.1 cm³/mol. The first kappa shape index (κ1) is 9.48. The molecule has 0 bridgehead atoms. The van der Waals surface area contributed by atoms with E-state index in [2.05, 4.69) is 16.6 Å². The van der Waals surface area contributed by atoms with Crippen LogP contribution in [0.3, 0.4) is 0 Å². The minimum atomic E-state index is -0.0949. The lowest BCUT2D eigenvalue weighted by atomic mass is 10.4. The van der Waals surface area contributed by atoms with Crippen LogP contribution >= 0.6 is 0 Å². The summed E-state index contributed by atoms with van der Waals surface area (Å²) in [7, 11) is 0. The van der Waals surface area contributed by atoms with E-state index in [4.69, 9.17) is 17.2 Å². The van der Waals surface area contributed by atoms with Gasteiger partial charge in [-0.15, -0.1) is 6.58 Å². The second kappa shape index (κ2) is 4.32. The molecule has 62 valence electrons. The van der Waals surface area contributed by atoms with E-state index in [1.807, 2.05) is 6.92 Å². The van der Waals surface area contributed by atoms with Gasteiger partial charge in [-0.1, -0.05) is 6.08 Å². The molecule has 5 heteroatoms. The van der Waals surface area contributed by atoms with E-state index in [1.54, 1.807) is 6.08 Å². The molecule has 1 unspecified atom stereocenters. The molecular weight excluding hydrogens is 142 g/mol. The van der Waals surface area contributed by atoms with Gasteiger partial charge in [-0.2, -0.15) is 4.99 Å². The summed E-state index contributed by atoms with van der Waals surface area (Å²) in [5, 5.41) is 0. The van der Waals surface area contributed by atoms with Gasteiger partial charge < -0.3 is 17.2 Å². The first-order chi connectivity index (χ1) is 5.06. The Morgan fingerprint density at radius 1 is 1.45 bits per heavy atom. The number of aliphatic imine (C=N–C) groups is 2. The Morgan fingerprint density at radius 3 is 2.36 bits per heavy atom. The van der Waals surface area contributed by atoms with Gasteiger partial charge in [0, 0.05) is 0 Å². The van der Waals surface area contributed by atoms with E-state index < -0.39 is 0 Å². The van der Waals surface area contributed by atoms with Crippen LogP contribution in [0.4, 0.5) is 0 Å². The molecule has 0 amide bonds. The maximum Gasteiger partial charge on any atom is 0.219 e. The molecule has 0 rings (SSSR count). The van der Waals surface area contributed by atoms with Gasteiger partial charge in [0.15, 0.2) is 5.96 Å². The largest absolute Gasteiger partial charge is 0.370 e. The average Bonchev–Trinajstić information content (AvgIpc) is 1.85. The molecule has 6 N–H and O–H groups in total. The highest BCUT2D eigenvalue weighted by atomic mass is 15.1. The third kappa shape index (κ3) is 4.95. The number of hydrogen-bond acceptors (Lipinski definition) is 1. The van der Waals surface area contributed by atoms with Crippen LogP contribution < -0.4 is 17.2 Å². The summed E-state index contributed by atoms with van der Waals surface area (Å²) in [4.78, 5) is 7.38. The molecule has 1 atom stereocenters. The molecule has 0 aromatic heterocycles. The van der Waals surface area contributed by atoms with Gasteiger partial charge in [-0.05, 0) is 6.92 Å². The summed E-state index contributed by atoms with van der Waals surface area (Å²) in [6.07, 6.45) is 1.63. The summed E-state index contributed by atoms with van der Waals surface area (Å²) in [6, 6.07) is -0.0712. The molecule has 0 heterocycles. The van der Waals surface area contributed by atoms with E-state index in [9.17, 15) is 0 Å². The Labute approximate surface area is 65.7 Å². The fraction of sp³-hybridized carbons (Fsp3) is 0.333. The number of guanidine groups is 2. The topological polar surface area (TPSA) is 103 Å². The molecule has 11 heavy (non-hydrogen) atoms. The van der Waals surface area contributed by atoms with E-state index in [1.165, 1.54) is 0 Å². The molecule has 0 aliphatic heterocycles. The van der Waals surface area contributed by atoms with Crippen molar-refractivity contribution in [3.63, 3.8) is 0 Å². The van der Waals surface area contributed by atoms with Crippen molar-refractivity contribution in [2.75, 3.05) is 0 Å². The zero-order valence-corrected chi connectivity index (χ0v) is 6.49. The lowest BCUT2D eigenvalue weighted by Crippen LogP contribution is -2.26. The summed E-state index contributed by atoms with van der Waals surface area (Å²) < 4.78 is 0. The maximum atomic E-state index is 5.31. The molecule has 0 aromatic rings. The minimum Gasteiger partial charge on any atom is -0.370 e. The van der Waals surface area contributed by atoms with Crippen molar-refractivity contribution in [2.45, 2.75) is 13.0 Å². The standard InChI is InChI=1S/C6H13N5/c1-3-4(2)10-6(9)11-5(7)8/h3-4H,1H2,2H3,(H6,7,8,9,10,11). The van der Waals surface area contributed by atoms with E-state index >= 15 is 0 Å². The van der Waals surface area contributed by atoms with Gasteiger partial charge in [-0.3, -0.25) is 0 Å². The van der Waals surface area contributed by atoms with Crippen molar-refractivity contribution in [3.8, 4) is 0 Å². The summed E-state index contributed by atoms with van der Waals surface area (Å²) in [5.74, 6) is -0.0279. The van der Waals surface area contributed by atoms with Crippen LogP contribution in [0.5, 0.6) is 0 Å². The Kier molecular flexibility index (Phi) is 3.72. The Morgan fingerprint density at radius 2 is 2.00 bits per heavy atom. The fourth-order valence-corrected chi connectivity index (χ4v) is 0.422. The van der Waals surface area contributed by atoms with Gasteiger partial charge in [0.05, 0.1) is 6.04 Å². The second-order valence-corrected chi connectivity index (χ2v) is 2.00. The number of rotatable bonds is 2. The molecule has 0 saturated carbocycles. The highest BCUT2D eigenvalue weighted by Gasteiger charge is 1.92.